The van der Waals surface area contributed by atoms with Crippen LogP contribution in [0.3, 0.4) is 0 Å². The van der Waals surface area contributed by atoms with Crippen LogP contribution in [0.1, 0.15) is 5.69 Å². The summed E-state index contributed by atoms with van der Waals surface area (Å²) in [4.78, 5) is 8.52. The van der Waals surface area contributed by atoms with E-state index in [4.69, 9.17) is 21.9 Å². The molecule has 2 aromatic heterocycles. The van der Waals surface area contributed by atoms with Crippen LogP contribution in [0.4, 0.5) is 0 Å². The fourth-order valence-corrected chi connectivity index (χ4v) is 2.31. The molecule has 0 saturated heterocycles. The van der Waals surface area contributed by atoms with E-state index in [0.29, 0.717) is 23.3 Å². The van der Waals surface area contributed by atoms with Gasteiger partial charge >= 0.3 is 0 Å². The van der Waals surface area contributed by atoms with Gasteiger partial charge in [-0.1, -0.05) is 16.8 Å². The maximum absolute atomic E-state index is 5.97. The first-order valence-electron chi connectivity index (χ1n) is 6.12. The number of hydrogen-bond acceptors (Lipinski definition) is 5. The number of halogens is 2. The van der Waals surface area contributed by atoms with E-state index in [1.54, 1.807) is 18.3 Å². The molecule has 0 radical (unpaired) electrons. The van der Waals surface area contributed by atoms with Crippen LogP contribution in [0, 0.1) is 0 Å². The van der Waals surface area contributed by atoms with Gasteiger partial charge in [-0.25, -0.2) is 0 Å². The molecule has 0 fully saturated rings. The Morgan fingerprint density at radius 2 is 2.05 bits per heavy atom. The highest BCUT2D eigenvalue weighted by Crippen LogP contribution is 2.28. The van der Waals surface area contributed by atoms with Gasteiger partial charge in [-0.05, 0) is 46.3 Å². The van der Waals surface area contributed by atoms with Gasteiger partial charge in [0.15, 0.2) is 0 Å². The van der Waals surface area contributed by atoms with Crippen molar-refractivity contribution in [3.63, 3.8) is 0 Å². The summed E-state index contributed by atoms with van der Waals surface area (Å²) >= 11 is 9.35. The van der Waals surface area contributed by atoms with Gasteiger partial charge in [0.05, 0.1) is 10.7 Å². The summed E-state index contributed by atoms with van der Waals surface area (Å²) in [5.74, 6) is 0.918. The van der Waals surface area contributed by atoms with Crippen LogP contribution in [0.2, 0.25) is 5.02 Å². The molecule has 7 heteroatoms. The Morgan fingerprint density at radius 3 is 2.81 bits per heavy atom. The predicted octanol–water partition coefficient (Wildman–Crippen LogP) is 3.67. The van der Waals surface area contributed by atoms with E-state index >= 15 is 0 Å². The van der Waals surface area contributed by atoms with Gasteiger partial charge in [-0.2, -0.15) is 4.98 Å². The van der Waals surface area contributed by atoms with Gasteiger partial charge < -0.3 is 10.3 Å². The molecule has 3 aromatic rings. The quantitative estimate of drug-likeness (QED) is 0.766. The smallest absolute Gasteiger partial charge is 0.258 e. The molecule has 0 unspecified atom stereocenters. The zero-order chi connectivity index (χ0) is 14.8. The standard InChI is InChI=1S/C14H10BrClN4O/c15-11-6-8(1-2-12(11)16)13-19-14(21-20-13)9-3-4-18-10(5-9)7-17/h1-6H,7,17H2. The number of nitrogens with zero attached hydrogens (tertiary/aromatic N) is 3. The number of benzene rings is 1. The predicted molar refractivity (Wildman–Crippen MR) is 83.6 cm³/mol. The van der Waals surface area contributed by atoms with Crippen LogP contribution < -0.4 is 5.73 Å². The van der Waals surface area contributed by atoms with E-state index < -0.39 is 0 Å². The fraction of sp³-hybridized carbons (Fsp3) is 0.0714. The Morgan fingerprint density at radius 1 is 1.19 bits per heavy atom. The van der Waals surface area contributed by atoms with E-state index in [2.05, 4.69) is 31.1 Å². The number of aromatic nitrogens is 3. The lowest BCUT2D eigenvalue weighted by Gasteiger charge is -1.98. The molecule has 106 valence electrons. The topological polar surface area (TPSA) is 77.8 Å². The molecule has 1 aromatic carbocycles. The molecule has 2 heterocycles. The van der Waals surface area contributed by atoms with Gasteiger partial charge in [-0.15, -0.1) is 0 Å². The second-order valence-corrected chi connectivity index (χ2v) is 5.55. The number of pyridine rings is 1. The highest BCUT2D eigenvalue weighted by molar-refractivity contribution is 9.10. The van der Waals surface area contributed by atoms with Crippen molar-refractivity contribution in [2.24, 2.45) is 5.73 Å². The third kappa shape index (κ3) is 2.97. The second-order valence-electron chi connectivity index (χ2n) is 4.29. The van der Waals surface area contributed by atoms with Crippen LogP contribution in [0.25, 0.3) is 22.8 Å². The number of nitrogens with two attached hydrogens (primary N) is 1. The van der Waals surface area contributed by atoms with Gasteiger partial charge in [0.1, 0.15) is 0 Å². The van der Waals surface area contributed by atoms with Crippen molar-refractivity contribution in [1.29, 1.82) is 0 Å². The summed E-state index contributed by atoms with van der Waals surface area (Å²) in [7, 11) is 0. The Labute approximate surface area is 134 Å². The van der Waals surface area contributed by atoms with Gasteiger partial charge in [0.25, 0.3) is 5.89 Å². The number of hydrogen-bond donors (Lipinski definition) is 1. The summed E-state index contributed by atoms with van der Waals surface area (Å²) in [5.41, 5.74) is 7.95. The zero-order valence-corrected chi connectivity index (χ0v) is 13.1. The molecule has 0 aliphatic heterocycles. The van der Waals surface area contributed by atoms with Gasteiger partial charge in [0, 0.05) is 28.3 Å². The Bertz CT molecular complexity index is 790. The molecule has 21 heavy (non-hydrogen) atoms. The number of rotatable bonds is 3. The lowest BCUT2D eigenvalue weighted by Crippen LogP contribution is -1.98. The van der Waals surface area contributed by atoms with Crippen molar-refractivity contribution in [3.05, 3.63) is 51.7 Å². The van der Waals surface area contributed by atoms with Crippen LogP contribution in [-0.4, -0.2) is 15.1 Å². The monoisotopic (exact) mass is 364 g/mol. The molecule has 0 bridgehead atoms. The lowest BCUT2D eigenvalue weighted by molar-refractivity contribution is 0.432. The van der Waals surface area contributed by atoms with Gasteiger partial charge in [-0.3, -0.25) is 4.98 Å². The van der Waals surface area contributed by atoms with Crippen LogP contribution in [0.5, 0.6) is 0 Å². The molecule has 5 nitrogen and oxygen atoms in total. The molecular weight excluding hydrogens is 356 g/mol. The molecule has 2 N–H and O–H groups in total. The van der Waals surface area contributed by atoms with Crippen molar-refractivity contribution < 1.29 is 4.52 Å². The molecule has 0 atom stereocenters. The highest BCUT2D eigenvalue weighted by atomic mass is 79.9. The van der Waals surface area contributed by atoms with Crippen LogP contribution in [0.15, 0.2) is 45.5 Å². The van der Waals surface area contributed by atoms with Crippen molar-refractivity contribution in [2.45, 2.75) is 6.54 Å². The maximum atomic E-state index is 5.97. The van der Waals surface area contributed by atoms with Crippen molar-refractivity contribution in [2.75, 3.05) is 0 Å². The van der Waals surface area contributed by atoms with Crippen molar-refractivity contribution >= 4 is 27.5 Å². The third-order valence-corrected chi connectivity index (χ3v) is 4.09. The maximum Gasteiger partial charge on any atom is 0.258 e. The van der Waals surface area contributed by atoms with E-state index in [1.807, 2.05) is 18.2 Å². The van der Waals surface area contributed by atoms with E-state index in [0.717, 1.165) is 21.3 Å². The highest BCUT2D eigenvalue weighted by Gasteiger charge is 2.12. The minimum Gasteiger partial charge on any atom is -0.334 e. The van der Waals surface area contributed by atoms with E-state index in [-0.39, 0.29) is 0 Å². The first-order valence-corrected chi connectivity index (χ1v) is 7.29. The first kappa shape index (κ1) is 14.2. The summed E-state index contributed by atoms with van der Waals surface area (Å²) in [6, 6.07) is 9.08. The Balaban J connectivity index is 1.97. The van der Waals surface area contributed by atoms with Crippen LogP contribution >= 0.6 is 27.5 Å². The molecule has 0 aliphatic rings. The molecule has 0 amide bonds. The minimum atomic E-state index is 0.360. The minimum absolute atomic E-state index is 0.360. The molecule has 0 aliphatic carbocycles. The average molecular weight is 366 g/mol. The normalized spacial score (nSPS) is 10.8. The Kier molecular flexibility index (Phi) is 4.01. The fourth-order valence-electron chi connectivity index (χ4n) is 1.82. The summed E-state index contributed by atoms with van der Waals surface area (Å²) in [5, 5.41) is 4.62. The van der Waals surface area contributed by atoms with Crippen LogP contribution in [-0.2, 0) is 6.54 Å². The van der Waals surface area contributed by atoms with Gasteiger partial charge in [0.2, 0.25) is 5.82 Å². The average Bonchev–Trinajstić information content (AvgIpc) is 3.00. The summed E-state index contributed by atoms with van der Waals surface area (Å²) in [6.45, 7) is 0.360. The Hall–Kier alpha value is -1.76. The van der Waals surface area contributed by atoms with Crippen molar-refractivity contribution in [1.82, 2.24) is 15.1 Å². The summed E-state index contributed by atoms with van der Waals surface area (Å²) in [6.07, 6.45) is 1.67. The molecule has 3 rings (SSSR count). The lowest BCUT2D eigenvalue weighted by atomic mass is 10.2. The van der Waals surface area contributed by atoms with E-state index in [9.17, 15) is 0 Å². The third-order valence-electron chi connectivity index (χ3n) is 2.88. The van der Waals surface area contributed by atoms with E-state index in [1.165, 1.54) is 0 Å². The second kappa shape index (κ2) is 5.93. The molecule has 0 saturated carbocycles. The summed E-state index contributed by atoms with van der Waals surface area (Å²) < 4.78 is 6.08. The first-order chi connectivity index (χ1) is 10.2. The SMILES string of the molecule is NCc1cc(-c2nc(-c3ccc(Cl)c(Br)c3)no2)ccn1. The zero-order valence-electron chi connectivity index (χ0n) is 10.8. The largest absolute Gasteiger partial charge is 0.334 e. The molecular formula is C14H10BrClN4O. The van der Waals surface area contributed by atoms with Crippen molar-refractivity contribution in [3.8, 4) is 22.8 Å². The molecule has 0 spiro atoms.